The number of terminal acetylenes is 1. The van der Waals surface area contributed by atoms with Gasteiger partial charge in [0.25, 0.3) is 0 Å². The number of primary amides is 1. The van der Waals surface area contributed by atoms with Gasteiger partial charge in [-0.05, 0) is 25.8 Å². The number of amides is 1. The van der Waals surface area contributed by atoms with Crippen LogP contribution in [-0.2, 0) is 4.79 Å². The molecule has 1 rings (SSSR count). The SMILES string of the molecule is C#CCCCN(CC(N)=O)C1CCCC1. The van der Waals surface area contributed by atoms with Crippen LogP contribution in [0.3, 0.4) is 0 Å². The molecule has 15 heavy (non-hydrogen) atoms. The van der Waals surface area contributed by atoms with Gasteiger partial charge in [-0.3, -0.25) is 9.69 Å². The molecule has 84 valence electrons. The number of rotatable bonds is 6. The van der Waals surface area contributed by atoms with Gasteiger partial charge in [0.15, 0.2) is 0 Å². The summed E-state index contributed by atoms with van der Waals surface area (Å²) in [6.07, 6.45) is 11.9. The molecule has 0 bridgehead atoms. The first-order valence-electron chi connectivity index (χ1n) is 5.70. The molecule has 0 unspecified atom stereocenters. The van der Waals surface area contributed by atoms with Gasteiger partial charge < -0.3 is 5.73 Å². The van der Waals surface area contributed by atoms with Gasteiger partial charge >= 0.3 is 0 Å². The van der Waals surface area contributed by atoms with E-state index in [0.29, 0.717) is 12.6 Å². The van der Waals surface area contributed by atoms with Crippen LogP contribution in [0.4, 0.5) is 0 Å². The second-order valence-electron chi connectivity index (χ2n) is 4.18. The van der Waals surface area contributed by atoms with Crippen molar-refractivity contribution in [2.75, 3.05) is 13.1 Å². The highest BCUT2D eigenvalue weighted by atomic mass is 16.1. The van der Waals surface area contributed by atoms with Crippen molar-refractivity contribution >= 4 is 5.91 Å². The lowest BCUT2D eigenvalue weighted by Gasteiger charge is -2.27. The molecule has 0 radical (unpaired) electrons. The van der Waals surface area contributed by atoms with Crippen LogP contribution in [0.2, 0.25) is 0 Å². The first-order valence-corrected chi connectivity index (χ1v) is 5.70. The van der Waals surface area contributed by atoms with E-state index in [1.807, 2.05) is 0 Å². The first-order chi connectivity index (χ1) is 7.24. The van der Waals surface area contributed by atoms with Gasteiger partial charge in [0.1, 0.15) is 0 Å². The van der Waals surface area contributed by atoms with Crippen LogP contribution in [-0.4, -0.2) is 29.9 Å². The Bertz CT molecular complexity index is 238. The highest BCUT2D eigenvalue weighted by Gasteiger charge is 2.22. The van der Waals surface area contributed by atoms with Crippen LogP contribution >= 0.6 is 0 Å². The Morgan fingerprint density at radius 2 is 2.13 bits per heavy atom. The van der Waals surface area contributed by atoms with Crippen LogP contribution in [0, 0.1) is 12.3 Å². The largest absolute Gasteiger partial charge is 0.369 e. The van der Waals surface area contributed by atoms with Crippen molar-refractivity contribution in [2.24, 2.45) is 5.73 Å². The summed E-state index contributed by atoms with van der Waals surface area (Å²) < 4.78 is 0. The third-order valence-electron chi connectivity index (χ3n) is 2.97. The molecule has 1 amide bonds. The van der Waals surface area contributed by atoms with Crippen molar-refractivity contribution in [3.8, 4) is 12.3 Å². The molecule has 1 saturated carbocycles. The van der Waals surface area contributed by atoms with E-state index in [1.165, 1.54) is 25.7 Å². The van der Waals surface area contributed by atoms with Crippen LogP contribution in [0.1, 0.15) is 38.5 Å². The molecule has 0 aromatic heterocycles. The van der Waals surface area contributed by atoms with E-state index in [1.54, 1.807) is 0 Å². The van der Waals surface area contributed by atoms with Crippen molar-refractivity contribution in [1.82, 2.24) is 4.90 Å². The Morgan fingerprint density at radius 1 is 1.47 bits per heavy atom. The molecule has 3 nitrogen and oxygen atoms in total. The first kappa shape index (κ1) is 12.1. The highest BCUT2D eigenvalue weighted by Crippen LogP contribution is 2.23. The molecule has 0 atom stereocenters. The monoisotopic (exact) mass is 208 g/mol. The maximum absolute atomic E-state index is 10.9. The number of carbonyl (C=O) groups excluding carboxylic acids is 1. The van der Waals surface area contributed by atoms with Crippen molar-refractivity contribution in [2.45, 2.75) is 44.6 Å². The van der Waals surface area contributed by atoms with Crippen LogP contribution in [0.25, 0.3) is 0 Å². The average molecular weight is 208 g/mol. The number of carbonyl (C=O) groups is 1. The van der Waals surface area contributed by atoms with E-state index in [0.717, 1.165) is 19.4 Å². The summed E-state index contributed by atoms with van der Waals surface area (Å²) in [6.45, 7) is 1.28. The lowest BCUT2D eigenvalue weighted by molar-refractivity contribution is -0.119. The molecular formula is C12H20N2O. The summed E-state index contributed by atoms with van der Waals surface area (Å²) in [4.78, 5) is 13.1. The fraction of sp³-hybridized carbons (Fsp3) is 0.750. The van der Waals surface area contributed by atoms with Crippen molar-refractivity contribution in [3.63, 3.8) is 0 Å². The van der Waals surface area contributed by atoms with Gasteiger partial charge in [0, 0.05) is 12.5 Å². The predicted molar refractivity (Wildman–Crippen MR) is 61.1 cm³/mol. The number of unbranched alkanes of at least 4 members (excludes halogenated alkanes) is 1. The van der Waals surface area contributed by atoms with Crippen LogP contribution in [0.15, 0.2) is 0 Å². The molecule has 1 aliphatic carbocycles. The predicted octanol–water partition coefficient (Wildman–Crippen LogP) is 1.13. The molecule has 0 aromatic rings. The number of hydrogen-bond donors (Lipinski definition) is 1. The number of nitrogens with two attached hydrogens (primary N) is 1. The normalized spacial score (nSPS) is 16.8. The highest BCUT2D eigenvalue weighted by molar-refractivity contribution is 5.75. The summed E-state index contributed by atoms with van der Waals surface area (Å²) in [7, 11) is 0. The lowest BCUT2D eigenvalue weighted by atomic mass is 10.2. The second kappa shape index (κ2) is 6.47. The van der Waals surface area contributed by atoms with E-state index < -0.39 is 0 Å². The summed E-state index contributed by atoms with van der Waals surface area (Å²) in [5.41, 5.74) is 5.24. The molecule has 0 aliphatic heterocycles. The van der Waals surface area contributed by atoms with Gasteiger partial charge in [-0.1, -0.05) is 12.8 Å². The zero-order valence-electron chi connectivity index (χ0n) is 9.24. The average Bonchev–Trinajstić information content (AvgIpc) is 2.68. The Hall–Kier alpha value is -1.01. The fourth-order valence-electron chi connectivity index (χ4n) is 2.24. The Kier molecular flexibility index (Phi) is 5.20. The number of nitrogens with zero attached hydrogens (tertiary/aromatic N) is 1. The summed E-state index contributed by atoms with van der Waals surface area (Å²) in [5, 5.41) is 0. The molecule has 1 fully saturated rings. The smallest absolute Gasteiger partial charge is 0.231 e. The minimum atomic E-state index is -0.234. The molecule has 1 aliphatic rings. The molecule has 2 N–H and O–H groups in total. The zero-order valence-corrected chi connectivity index (χ0v) is 9.24. The van der Waals surface area contributed by atoms with E-state index in [2.05, 4.69) is 10.8 Å². The van der Waals surface area contributed by atoms with E-state index in [4.69, 9.17) is 12.2 Å². The maximum Gasteiger partial charge on any atom is 0.231 e. The van der Waals surface area contributed by atoms with Gasteiger partial charge in [-0.2, -0.15) is 0 Å². The van der Waals surface area contributed by atoms with Crippen molar-refractivity contribution in [3.05, 3.63) is 0 Å². The van der Waals surface area contributed by atoms with Crippen molar-refractivity contribution in [1.29, 1.82) is 0 Å². The summed E-state index contributed by atoms with van der Waals surface area (Å²) >= 11 is 0. The third-order valence-corrected chi connectivity index (χ3v) is 2.97. The minimum absolute atomic E-state index is 0.234. The minimum Gasteiger partial charge on any atom is -0.369 e. The maximum atomic E-state index is 10.9. The molecule has 0 spiro atoms. The Morgan fingerprint density at radius 3 is 2.67 bits per heavy atom. The zero-order chi connectivity index (χ0) is 11.1. The Balaban J connectivity index is 2.37. The second-order valence-corrected chi connectivity index (χ2v) is 4.18. The quantitative estimate of drug-likeness (QED) is 0.525. The third kappa shape index (κ3) is 4.35. The lowest BCUT2D eigenvalue weighted by Crippen LogP contribution is -2.40. The van der Waals surface area contributed by atoms with Gasteiger partial charge in [-0.15, -0.1) is 12.3 Å². The molecule has 0 saturated heterocycles. The van der Waals surface area contributed by atoms with E-state index >= 15 is 0 Å². The molecule has 3 heteroatoms. The summed E-state index contributed by atoms with van der Waals surface area (Å²) in [5.74, 6) is 2.39. The van der Waals surface area contributed by atoms with Crippen molar-refractivity contribution < 1.29 is 4.79 Å². The van der Waals surface area contributed by atoms with Crippen LogP contribution < -0.4 is 5.73 Å². The molecular weight excluding hydrogens is 188 g/mol. The van der Waals surface area contributed by atoms with E-state index in [-0.39, 0.29) is 5.91 Å². The van der Waals surface area contributed by atoms with Gasteiger partial charge in [0.2, 0.25) is 5.91 Å². The molecule has 0 aromatic carbocycles. The Labute approximate surface area is 92.0 Å². The van der Waals surface area contributed by atoms with Gasteiger partial charge in [-0.25, -0.2) is 0 Å². The van der Waals surface area contributed by atoms with Gasteiger partial charge in [0.05, 0.1) is 6.54 Å². The topological polar surface area (TPSA) is 46.3 Å². The van der Waals surface area contributed by atoms with Crippen LogP contribution in [0.5, 0.6) is 0 Å². The fourth-order valence-corrected chi connectivity index (χ4v) is 2.24. The van der Waals surface area contributed by atoms with E-state index in [9.17, 15) is 4.79 Å². The standard InChI is InChI=1S/C12H20N2O/c1-2-3-6-9-14(10-12(13)15)11-7-4-5-8-11/h1,11H,3-10H2,(H2,13,15). The molecule has 0 heterocycles. The summed E-state index contributed by atoms with van der Waals surface area (Å²) in [6, 6.07) is 0.551. The number of hydrogen-bond acceptors (Lipinski definition) is 2.